The van der Waals surface area contributed by atoms with E-state index in [0.29, 0.717) is 18.5 Å². The molecule has 0 saturated carbocycles. The highest BCUT2D eigenvalue weighted by atomic mass is 16.1. The Morgan fingerprint density at radius 3 is 2.65 bits per heavy atom. The fourth-order valence-corrected chi connectivity index (χ4v) is 1.59. The number of Topliss-reactive ketones (excluding diaryl/α,β-unsaturated/α-hetero) is 1. The Morgan fingerprint density at radius 2 is 1.94 bits per heavy atom. The molecule has 4 nitrogen and oxygen atoms in total. The largest absolute Gasteiger partial charge is 0.398 e. The van der Waals surface area contributed by atoms with Gasteiger partial charge >= 0.3 is 0 Å². The van der Waals surface area contributed by atoms with E-state index in [1.807, 2.05) is 12.1 Å². The van der Waals surface area contributed by atoms with Crippen LogP contribution in [-0.2, 0) is 17.6 Å². The molecule has 2 heterocycles. The van der Waals surface area contributed by atoms with E-state index in [1.54, 1.807) is 30.9 Å². The van der Waals surface area contributed by atoms with Crippen LogP contribution in [0.5, 0.6) is 0 Å². The Labute approximate surface area is 99.5 Å². The fraction of sp³-hybridized carbons (Fsp3) is 0.154. The molecule has 0 saturated heterocycles. The van der Waals surface area contributed by atoms with Crippen LogP contribution in [0.3, 0.4) is 0 Å². The molecule has 0 aliphatic carbocycles. The van der Waals surface area contributed by atoms with Crippen LogP contribution in [0.25, 0.3) is 0 Å². The van der Waals surface area contributed by atoms with Gasteiger partial charge in [-0.25, -0.2) is 0 Å². The number of carbonyl (C=O) groups excluding carboxylic acids is 1. The summed E-state index contributed by atoms with van der Waals surface area (Å²) in [6, 6.07) is 5.41. The lowest BCUT2D eigenvalue weighted by atomic mass is 10.0. The minimum Gasteiger partial charge on any atom is -0.398 e. The molecule has 0 aliphatic heterocycles. The molecule has 0 unspecified atom stereocenters. The Kier molecular flexibility index (Phi) is 3.45. The van der Waals surface area contributed by atoms with Crippen LogP contribution in [0.15, 0.2) is 43.0 Å². The molecule has 0 amide bonds. The third-order valence-electron chi connectivity index (χ3n) is 2.45. The molecule has 2 N–H and O–H groups in total. The number of pyridine rings is 2. The van der Waals surface area contributed by atoms with Gasteiger partial charge in [0, 0.05) is 48.9 Å². The van der Waals surface area contributed by atoms with Crippen molar-refractivity contribution in [3.8, 4) is 0 Å². The lowest BCUT2D eigenvalue weighted by Gasteiger charge is -2.03. The lowest BCUT2D eigenvalue weighted by Crippen LogP contribution is -2.08. The Balaban J connectivity index is 2.01. The van der Waals surface area contributed by atoms with Crippen molar-refractivity contribution in [3.05, 3.63) is 54.1 Å². The first-order valence-corrected chi connectivity index (χ1v) is 5.34. The van der Waals surface area contributed by atoms with E-state index in [2.05, 4.69) is 9.97 Å². The summed E-state index contributed by atoms with van der Waals surface area (Å²) in [7, 11) is 0. The van der Waals surface area contributed by atoms with Crippen LogP contribution in [0.4, 0.5) is 5.69 Å². The molecule has 2 aromatic rings. The topological polar surface area (TPSA) is 68.9 Å². The quantitative estimate of drug-likeness (QED) is 0.857. The van der Waals surface area contributed by atoms with Crippen molar-refractivity contribution in [3.63, 3.8) is 0 Å². The molecule has 0 spiro atoms. The van der Waals surface area contributed by atoms with Gasteiger partial charge in [0.05, 0.1) is 0 Å². The maximum Gasteiger partial charge on any atom is 0.141 e. The number of nitrogens with two attached hydrogens (primary N) is 1. The maximum absolute atomic E-state index is 11.8. The number of ketones is 1. The van der Waals surface area contributed by atoms with E-state index < -0.39 is 0 Å². The highest BCUT2D eigenvalue weighted by Gasteiger charge is 2.07. The van der Waals surface area contributed by atoms with Crippen molar-refractivity contribution < 1.29 is 4.79 Å². The van der Waals surface area contributed by atoms with E-state index in [-0.39, 0.29) is 5.78 Å². The van der Waals surface area contributed by atoms with Gasteiger partial charge in [-0.05, 0) is 17.7 Å². The van der Waals surface area contributed by atoms with Crippen molar-refractivity contribution in [1.29, 1.82) is 0 Å². The first-order valence-electron chi connectivity index (χ1n) is 5.34. The predicted molar refractivity (Wildman–Crippen MR) is 65.3 cm³/mol. The summed E-state index contributed by atoms with van der Waals surface area (Å²) in [4.78, 5) is 19.8. The summed E-state index contributed by atoms with van der Waals surface area (Å²) in [6.45, 7) is 0. The van der Waals surface area contributed by atoms with Crippen molar-refractivity contribution in [2.45, 2.75) is 12.8 Å². The SMILES string of the molecule is Nc1ccncc1CC(=O)Cc1cccnc1. The number of rotatable bonds is 4. The number of hydrogen-bond acceptors (Lipinski definition) is 4. The van der Waals surface area contributed by atoms with Crippen LogP contribution >= 0.6 is 0 Å². The van der Waals surface area contributed by atoms with E-state index >= 15 is 0 Å². The lowest BCUT2D eigenvalue weighted by molar-refractivity contribution is -0.117. The second-order valence-electron chi connectivity index (χ2n) is 3.83. The van der Waals surface area contributed by atoms with Gasteiger partial charge in [0.15, 0.2) is 0 Å². The third-order valence-corrected chi connectivity index (χ3v) is 2.45. The van der Waals surface area contributed by atoms with Gasteiger partial charge in [0.2, 0.25) is 0 Å². The standard InChI is InChI=1S/C13H13N3O/c14-13-3-5-16-9-11(13)7-12(17)6-10-2-1-4-15-8-10/h1-5,8-9H,6-7H2,(H2,14,16). The number of anilines is 1. The molecule has 17 heavy (non-hydrogen) atoms. The Bertz CT molecular complexity index is 511. The van der Waals surface area contributed by atoms with Crippen LogP contribution in [0.2, 0.25) is 0 Å². The van der Waals surface area contributed by atoms with E-state index in [0.717, 1.165) is 11.1 Å². The molecule has 2 rings (SSSR count). The summed E-state index contributed by atoms with van der Waals surface area (Å²) in [5.41, 5.74) is 8.06. The second-order valence-corrected chi connectivity index (χ2v) is 3.83. The van der Waals surface area contributed by atoms with E-state index in [4.69, 9.17) is 5.73 Å². The van der Waals surface area contributed by atoms with Gasteiger partial charge < -0.3 is 5.73 Å². The molecule has 0 fully saturated rings. The molecule has 0 atom stereocenters. The average Bonchev–Trinajstić information content (AvgIpc) is 2.33. The zero-order chi connectivity index (χ0) is 12.1. The molecule has 4 heteroatoms. The molecule has 0 radical (unpaired) electrons. The van der Waals surface area contributed by atoms with Crippen LogP contribution < -0.4 is 5.73 Å². The molecule has 86 valence electrons. The van der Waals surface area contributed by atoms with Crippen LogP contribution in [-0.4, -0.2) is 15.8 Å². The maximum atomic E-state index is 11.8. The smallest absolute Gasteiger partial charge is 0.141 e. The van der Waals surface area contributed by atoms with Gasteiger partial charge in [-0.2, -0.15) is 0 Å². The average molecular weight is 227 g/mol. The second kappa shape index (κ2) is 5.21. The highest BCUT2D eigenvalue weighted by molar-refractivity contribution is 5.84. The summed E-state index contributed by atoms with van der Waals surface area (Å²) in [5.74, 6) is 0.109. The fourth-order valence-electron chi connectivity index (χ4n) is 1.59. The van der Waals surface area contributed by atoms with E-state index in [1.165, 1.54) is 0 Å². The summed E-state index contributed by atoms with van der Waals surface area (Å²) >= 11 is 0. The minimum absolute atomic E-state index is 0.109. The summed E-state index contributed by atoms with van der Waals surface area (Å²) in [6.07, 6.45) is 7.33. The van der Waals surface area contributed by atoms with Crippen molar-refractivity contribution in [2.75, 3.05) is 5.73 Å². The molecular formula is C13H13N3O. The van der Waals surface area contributed by atoms with Crippen LogP contribution in [0.1, 0.15) is 11.1 Å². The molecule has 0 aromatic carbocycles. The van der Waals surface area contributed by atoms with Crippen molar-refractivity contribution in [1.82, 2.24) is 9.97 Å². The summed E-state index contributed by atoms with van der Waals surface area (Å²) < 4.78 is 0. The van der Waals surface area contributed by atoms with Crippen molar-refractivity contribution in [2.24, 2.45) is 0 Å². The normalized spacial score (nSPS) is 10.1. The Morgan fingerprint density at radius 1 is 1.12 bits per heavy atom. The van der Waals surface area contributed by atoms with Gasteiger partial charge in [0.1, 0.15) is 5.78 Å². The molecule has 2 aromatic heterocycles. The van der Waals surface area contributed by atoms with Gasteiger partial charge in [-0.1, -0.05) is 6.07 Å². The number of aromatic nitrogens is 2. The Hall–Kier alpha value is -2.23. The summed E-state index contributed by atoms with van der Waals surface area (Å²) in [5, 5.41) is 0. The first kappa shape index (κ1) is 11.3. The number of hydrogen-bond donors (Lipinski definition) is 1. The molecular weight excluding hydrogens is 214 g/mol. The first-order chi connectivity index (χ1) is 8.25. The zero-order valence-electron chi connectivity index (χ0n) is 9.34. The minimum atomic E-state index is 0.109. The van der Waals surface area contributed by atoms with Crippen LogP contribution in [0, 0.1) is 0 Å². The third kappa shape index (κ3) is 3.11. The predicted octanol–water partition coefficient (Wildman–Crippen LogP) is 1.41. The van der Waals surface area contributed by atoms with Gasteiger partial charge in [-0.15, -0.1) is 0 Å². The van der Waals surface area contributed by atoms with E-state index in [9.17, 15) is 4.79 Å². The number of nitrogen functional groups attached to an aromatic ring is 1. The van der Waals surface area contributed by atoms with Gasteiger partial charge in [0.25, 0.3) is 0 Å². The zero-order valence-corrected chi connectivity index (χ0v) is 9.34. The number of nitrogens with zero attached hydrogens (tertiary/aromatic N) is 2. The number of carbonyl (C=O) groups is 1. The molecule has 0 aliphatic rings. The monoisotopic (exact) mass is 227 g/mol. The molecule has 0 bridgehead atoms. The van der Waals surface area contributed by atoms with Crippen molar-refractivity contribution >= 4 is 11.5 Å². The van der Waals surface area contributed by atoms with Gasteiger partial charge in [-0.3, -0.25) is 14.8 Å². The highest BCUT2D eigenvalue weighted by Crippen LogP contribution is 2.11.